The monoisotopic (exact) mass is 321 g/mol. The van der Waals surface area contributed by atoms with Gasteiger partial charge in [-0.15, -0.1) is 0 Å². The summed E-state index contributed by atoms with van der Waals surface area (Å²) in [6, 6.07) is 11.2. The Morgan fingerprint density at radius 1 is 1.27 bits per heavy atom. The lowest BCUT2D eigenvalue weighted by atomic mass is 10.2. The quantitative estimate of drug-likeness (QED) is 0.907. The number of halogens is 2. The van der Waals surface area contributed by atoms with Crippen LogP contribution in [0.15, 0.2) is 42.5 Å². The van der Waals surface area contributed by atoms with Gasteiger partial charge >= 0.3 is 0 Å². The molecule has 5 heteroatoms. The topological polar surface area (TPSA) is 38.3 Å². The minimum atomic E-state index is -0.639. The zero-order valence-electron chi connectivity index (χ0n) is 12.4. The Hall–Kier alpha value is -2.07. The van der Waals surface area contributed by atoms with E-state index in [1.807, 2.05) is 6.92 Å². The number of carbonyl (C=O) groups is 1. The first-order chi connectivity index (χ1) is 10.5. The molecule has 0 radical (unpaired) electrons. The highest BCUT2D eigenvalue weighted by Gasteiger charge is 2.15. The number of nitrogens with one attached hydrogen (secondary N) is 1. The SMILES string of the molecule is Cc1cc(Cl)ccc1OC(C)C(=O)NCc1ccc(F)cc1. The highest BCUT2D eigenvalue weighted by Crippen LogP contribution is 2.22. The van der Waals surface area contributed by atoms with E-state index in [1.165, 1.54) is 12.1 Å². The number of benzene rings is 2. The van der Waals surface area contributed by atoms with Gasteiger partial charge in [0.25, 0.3) is 5.91 Å². The van der Waals surface area contributed by atoms with E-state index < -0.39 is 6.10 Å². The van der Waals surface area contributed by atoms with E-state index in [0.29, 0.717) is 17.3 Å². The van der Waals surface area contributed by atoms with Crippen LogP contribution in [0.5, 0.6) is 5.75 Å². The summed E-state index contributed by atoms with van der Waals surface area (Å²) in [6.45, 7) is 3.87. The van der Waals surface area contributed by atoms with Crippen molar-refractivity contribution in [3.8, 4) is 5.75 Å². The smallest absolute Gasteiger partial charge is 0.261 e. The first-order valence-electron chi connectivity index (χ1n) is 6.90. The van der Waals surface area contributed by atoms with Crippen LogP contribution in [0, 0.1) is 12.7 Å². The molecule has 3 nitrogen and oxygen atoms in total. The molecule has 0 aliphatic carbocycles. The molecule has 0 heterocycles. The minimum absolute atomic E-state index is 0.237. The number of ether oxygens (including phenoxy) is 1. The molecule has 1 unspecified atom stereocenters. The highest BCUT2D eigenvalue weighted by atomic mass is 35.5. The van der Waals surface area contributed by atoms with E-state index in [4.69, 9.17) is 16.3 Å². The molecule has 2 aromatic rings. The summed E-state index contributed by atoms with van der Waals surface area (Å²) < 4.78 is 18.4. The Morgan fingerprint density at radius 3 is 2.59 bits per heavy atom. The second kappa shape index (κ2) is 7.27. The molecular formula is C17H17ClFNO2. The molecule has 0 saturated carbocycles. The number of carbonyl (C=O) groups excluding carboxylic acids is 1. The van der Waals surface area contributed by atoms with Gasteiger partial charge in [0.15, 0.2) is 6.10 Å². The Bertz CT molecular complexity index is 658. The van der Waals surface area contributed by atoms with Gasteiger partial charge in [-0.3, -0.25) is 4.79 Å². The summed E-state index contributed by atoms with van der Waals surface area (Å²) in [5.74, 6) is 0.0810. The maximum Gasteiger partial charge on any atom is 0.261 e. The van der Waals surface area contributed by atoms with E-state index in [1.54, 1.807) is 37.3 Å². The van der Waals surface area contributed by atoms with Gasteiger partial charge in [0, 0.05) is 11.6 Å². The standard InChI is InChI=1S/C17H17ClFNO2/c1-11-9-14(18)5-8-16(11)22-12(2)17(21)20-10-13-3-6-15(19)7-4-13/h3-9,12H,10H2,1-2H3,(H,20,21). The fraction of sp³-hybridized carbons (Fsp3) is 0.235. The largest absolute Gasteiger partial charge is 0.481 e. The van der Waals surface area contributed by atoms with Crippen LogP contribution in [0.25, 0.3) is 0 Å². The number of rotatable bonds is 5. The lowest BCUT2D eigenvalue weighted by molar-refractivity contribution is -0.127. The summed E-state index contributed by atoms with van der Waals surface area (Å²) >= 11 is 5.88. The molecule has 0 aromatic heterocycles. The molecule has 0 saturated heterocycles. The van der Waals surface area contributed by atoms with Crippen LogP contribution in [-0.4, -0.2) is 12.0 Å². The Kier molecular flexibility index (Phi) is 5.39. The van der Waals surface area contributed by atoms with Gasteiger partial charge in [-0.05, 0) is 55.3 Å². The summed E-state index contributed by atoms with van der Waals surface area (Å²) in [5, 5.41) is 3.38. The molecule has 0 bridgehead atoms. The van der Waals surface area contributed by atoms with Gasteiger partial charge < -0.3 is 10.1 Å². The van der Waals surface area contributed by atoms with E-state index >= 15 is 0 Å². The van der Waals surface area contributed by atoms with Gasteiger partial charge in [0.2, 0.25) is 0 Å². The van der Waals surface area contributed by atoms with Gasteiger partial charge in [-0.25, -0.2) is 4.39 Å². The zero-order valence-corrected chi connectivity index (χ0v) is 13.2. The molecule has 2 rings (SSSR count). The van der Waals surface area contributed by atoms with Crippen molar-refractivity contribution < 1.29 is 13.9 Å². The van der Waals surface area contributed by atoms with Crippen molar-refractivity contribution in [2.24, 2.45) is 0 Å². The maximum atomic E-state index is 12.8. The molecular weight excluding hydrogens is 305 g/mol. The van der Waals surface area contributed by atoms with Crippen LogP contribution in [0.2, 0.25) is 5.02 Å². The lowest BCUT2D eigenvalue weighted by Gasteiger charge is -2.16. The van der Waals surface area contributed by atoms with Crippen LogP contribution in [0.1, 0.15) is 18.1 Å². The van der Waals surface area contributed by atoms with Gasteiger partial charge in [-0.2, -0.15) is 0 Å². The third-order valence-corrected chi connectivity index (χ3v) is 3.43. The van der Waals surface area contributed by atoms with Gasteiger partial charge in [0.05, 0.1) is 0 Å². The summed E-state index contributed by atoms with van der Waals surface area (Å²) in [6.07, 6.45) is -0.639. The molecule has 0 aliphatic rings. The lowest BCUT2D eigenvalue weighted by Crippen LogP contribution is -2.36. The van der Waals surface area contributed by atoms with Crippen molar-refractivity contribution in [3.05, 3.63) is 64.4 Å². The predicted octanol–water partition coefficient (Wildman–Crippen LogP) is 3.87. The Morgan fingerprint density at radius 2 is 1.95 bits per heavy atom. The van der Waals surface area contributed by atoms with E-state index in [0.717, 1.165) is 11.1 Å². The third kappa shape index (κ3) is 4.46. The van der Waals surface area contributed by atoms with E-state index in [9.17, 15) is 9.18 Å². The fourth-order valence-corrected chi connectivity index (χ4v) is 2.15. The summed E-state index contributed by atoms with van der Waals surface area (Å²) in [4.78, 5) is 12.0. The van der Waals surface area contributed by atoms with Crippen LogP contribution in [0.3, 0.4) is 0 Å². The summed E-state index contributed by atoms with van der Waals surface area (Å²) in [5.41, 5.74) is 1.69. The Labute approximate surface area is 134 Å². The molecule has 0 spiro atoms. The van der Waals surface area contributed by atoms with Crippen molar-refractivity contribution in [1.29, 1.82) is 0 Å². The number of hydrogen-bond donors (Lipinski definition) is 1. The van der Waals surface area contributed by atoms with Crippen molar-refractivity contribution in [2.75, 3.05) is 0 Å². The molecule has 1 N–H and O–H groups in total. The van der Waals surface area contributed by atoms with Crippen LogP contribution < -0.4 is 10.1 Å². The van der Waals surface area contributed by atoms with Gasteiger partial charge in [0.1, 0.15) is 11.6 Å². The first-order valence-corrected chi connectivity index (χ1v) is 7.28. The minimum Gasteiger partial charge on any atom is -0.481 e. The molecule has 1 atom stereocenters. The molecule has 2 aromatic carbocycles. The number of aryl methyl sites for hydroxylation is 1. The fourth-order valence-electron chi connectivity index (χ4n) is 1.92. The third-order valence-electron chi connectivity index (χ3n) is 3.19. The van der Waals surface area contributed by atoms with Crippen molar-refractivity contribution >= 4 is 17.5 Å². The zero-order chi connectivity index (χ0) is 16.1. The van der Waals surface area contributed by atoms with Crippen LogP contribution in [-0.2, 0) is 11.3 Å². The number of amides is 1. The van der Waals surface area contributed by atoms with Gasteiger partial charge in [-0.1, -0.05) is 23.7 Å². The van der Waals surface area contributed by atoms with Crippen molar-refractivity contribution in [3.63, 3.8) is 0 Å². The van der Waals surface area contributed by atoms with Crippen molar-refractivity contribution in [1.82, 2.24) is 5.32 Å². The molecule has 0 aliphatic heterocycles. The van der Waals surface area contributed by atoms with Crippen molar-refractivity contribution in [2.45, 2.75) is 26.5 Å². The second-order valence-electron chi connectivity index (χ2n) is 5.01. The molecule has 22 heavy (non-hydrogen) atoms. The Balaban J connectivity index is 1.90. The molecule has 1 amide bonds. The average molecular weight is 322 g/mol. The van der Waals surface area contributed by atoms with Crippen LogP contribution >= 0.6 is 11.6 Å². The first kappa shape index (κ1) is 16.3. The molecule has 0 fully saturated rings. The summed E-state index contributed by atoms with van der Waals surface area (Å²) in [7, 11) is 0. The maximum absolute atomic E-state index is 12.8. The van der Waals surface area contributed by atoms with Crippen LogP contribution in [0.4, 0.5) is 4.39 Å². The van der Waals surface area contributed by atoms with E-state index in [-0.39, 0.29) is 11.7 Å². The predicted molar refractivity (Wildman–Crippen MR) is 84.5 cm³/mol. The average Bonchev–Trinajstić information content (AvgIpc) is 2.49. The highest BCUT2D eigenvalue weighted by molar-refractivity contribution is 6.30. The normalized spacial score (nSPS) is 11.8. The second-order valence-corrected chi connectivity index (χ2v) is 5.45. The number of hydrogen-bond acceptors (Lipinski definition) is 2. The van der Waals surface area contributed by atoms with E-state index in [2.05, 4.69) is 5.32 Å². The molecule has 116 valence electrons.